The van der Waals surface area contributed by atoms with Crippen LogP contribution in [0.2, 0.25) is 0 Å². The van der Waals surface area contributed by atoms with Gasteiger partial charge in [-0.05, 0) is 50.8 Å². The molecule has 24 heavy (non-hydrogen) atoms. The molecule has 2 aromatic rings. The first-order valence-corrected chi connectivity index (χ1v) is 9.12. The summed E-state index contributed by atoms with van der Waals surface area (Å²) in [5.41, 5.74) is 8.50. The van der Waals surface area contributed by atoms with Crippen LogP contribution in [0.25, 0.3) is 5.69 Å². The van der Waals surface area contributed by atoms with E-state index in [1.807, 2.05) is 47.7 Å². The van der Waals surface area contributed by atoms with Crippen molar-refractivity contribution in [3.05, 3.63) is 46.2 Å². The number of nitrogens with two attached hydrogens (primary N) is 1. The van der Waals surface area contributed by atoms with Crippen molar-refractivity contribution >= 4 is 21.8 Å². The van der Waals surface area contributed by atoms with Crippen molar-refractivity contribution in [2.24, 2.45) is 11.7 Å². The molecule has 2 heterocycles. The summed E-state index contributed by atoms with van der Waals surface area (Å²) in [7, 11) is 0. The molecule has 1 amide bonds. The third kappa shape index (κ3) is 3.39. The average Bonchev–Trinajstić information content (AvgIpc) is 2.96. The molecule has 2 unspecified atom stereocenters. The van der Waals surface area contributed by atoms with Gasteiger partial charge in [-0.2, -0.15) is 5.10 Å². The molecule has 5 nitrogen and oxygen atoms in total. The molecule has 1 aromatic heterocycles. The molecule has 0 bridgehead atoms. The number of amides is 1. The van der Waals surface area contributed by atoms with Crippen LogP contribution in [-0.2, 0) is 0 Å². The Morgan fingerprint density at radius 2 is 2.25 bits per heavy atom. The molecule has 0 radical (unpaired) electrons. The predicted molar refractivity (Wildman–Crippen MR) is 98.3 cm³/mol. The Hall–Kier alpha value is -1.66. The molecular weight excluding hydrogens is 368 g/mol. The van der Waals surface area contributed by atoms with Crippen molar-refractivity contribution in [3.8, 4) is 5.69 Å². The molecule has 0 spiro atoms. The molecule has 1 saturated heterocycles. The summed E-state index contributed by atoms with van der Waals surface area (Å²) in [6, 6.07) is 8.01. The maximum Gasteiger partial charge on any atom is 0.257 e. The number of likely N-dealkylation sites (tertiary alicyclic amines) is 1. The van der Waals surface area contributed by atoms with E-state index in [1.54, 1.807) is 6.20 Å². The zero-order chi connectivity index (χ0) is 17.3. The van der Waals surface area contributed by atoms with Gasteiger partial charge in [-0.15, -0.1) is 0 Å². The molecule has 0 aliphatic carbocycles. The molecule has 1 aromatic carbocycles. The van der Waals surface area contributed by atoms with Crippen LogP contribution in [0.1, 0.15) is 35.8 Å². The van der Waals surface area contributed by atoms with E-state index < -0.39 is 0 Å². The van der Waals surface area contributed by atoms with Crippen molar-refractivity contribution < 1.29 is 4.79 Å². The SMILES string of the molecule is Cc1c(C(=O)N2CCCC(C(C)N)C2)cnn1-c1cccc(Br)c1. The number of hydrogen-bond acceptors (Lipinski definition) is 3. The molecule has 3 rings (SSSR count). The maximum atomic E-state index is 12.9. The van der Waals surface area contributed by atoms with Crippen molar-refractivity contribution in [2.45, 2.75) is 32.7 Å². The van der Waals surface area contributed by atoms with Crippen molar-refractivity contribution in [1.29, 1.82) is 0 Å². The number of rotatable bonds is 3. The minimum Gasteiger partial charge on any atom is -0.338 e. The van der Waals surface area contributed by atoms with E-state index >= 15 is 0 Å². The monoisotopic (exact) mass is 390 g/mol. The van der Waals surface area contributed by atoms with Gasteiger partial charge in [-0.25, -0.2) is 4.68 Å². The van der Waals surface area contributed by atoms with Gasteiger partial charge in [-0.1, -0.05) is 22.0 Å². The number of aromatic nitrogens is 2. The Kier molecular flexibility index (Phi) is 5.06. The fourth-order valence-electron chi connectivity index (χ4n) is 3.28. The molecule has 1 fully saturated rings. The van der Waals surface area contributed by atoms with E-state index in [0.717, 1.165) is 41.8 Å². The second-order valence-corrected chi connectivity index (χ2v) is 7.46. The Morgan fingerprint density at radius 3 is 2.96 bits per heavy atom. The number of halogens is 1. The third-order valence-electron chi connectivity index (χ3n) is 4.78. The highest BCUT2D eigenvalue weighted by atomic mass is 79.9. The fourth-order valence-corrected chi connectivity index (χ4v) is 3.67. The van der Waals surface area contributed by atoms with E-state index in [4.69, 9.17) is 5.73 Å². The Balaban J connectivity index is 1.84. The highest BCUT2D eigenvalue weighted by Gasteiger charge is 2.28. The van der Waals surface area contributed by atoms with E-state index in [0.29, 0.717) is 11.5 Å². The molecule has 0 saturated carbocycles. The second-order valence-electron chi connectivity index (χ2n) is 6.55. The molecule has 128 valence electrons. The Morgan fingerprint density at radius 1 is 1.46 bits per heavy atom. The first-order valence-electron chi connectivity index (χ1n) is 8.33. The van der Waals surface area contributed by atoms with Crippen LogP contribution in [0.5, 0.6) is 0 Å². The van der Waals surface area contributed by atoms with Crippen molar-refractivity contribution in [3.63, 3.8) is 0 Å². The number of carbonyl (C=O) groups excluding carboxylic acids is 1. The van der Waals surface area contributed by atoms with Crippen molar-refractivity contribution in [1.82, 2.24) is 14.7 Å². The summed E-state index contributed by atoms with van der Waals surface area (Å²) in [6.45, 7) is 5.49. The van der Waals surface area contributed by atoms with Gasteiger partial charge >= 0.3 is 0 Å². The van der Waals surface area contributed by atoms with Crippen molar-refractivity contribution in [2.75, 3.05) is 13.1 Å². The molecule has 2 atom stereocenters. The van der Waals surface area contributed by atoms with Crippen LogP contribution < -0.4 is 5.73 Å². The quantitative estimate of drug-likeness (QED) is 0.875. The summed E-state index contributed by atoms with van der Waals surface area (Å²) in [5, 5.41) is 4.42. The van der Waals surface area contributed by atoms with Gasteiger partial charge in [0.2, 0.25) is 0 Å². The number of benzene rings is 1. The van der Waals surface area contributed by atoms with Crippen LogP contribution >= 0.6 is 15.9 Å². The lowest BCUT2D eigenvalue weighted by molar-refractivity contribution is 0.0660. The molecule has 6 heteroatoms. The average molecular weight is 391 g/mol. The first kappa shape index (κ1) is 17.2. The predicted octanol–water partition coefficient (Wildman–Crippen LogP) is 3.14. The zero-order valence-corrected chi connectivity index (χ0v) is 15.7. The van der Waals surface area contributed by atoms with Gasteiger partial charge in [0.1, 0.15) is 0 Å². The zero-order valence-electron chi connectivity index (χ0n) is 14.1. The number of carbonyl (C=O) groups is 1. The lowest BCUT2D eigenvalue weighted by Gasteiger charge is -2.34. The summed E-state index contributed by atoms with van der Waals surface area (Å²) in [6.07, 6.45) is 3.78. The van der Waals surface area contributed by atoms with Crippen LogP contribution in [0.3, 0.4) is 0 Å². The summed E-state index contributed by atoms with van der Waals surface area (Å²) < 4.78 is 2.80. The van der Waals surface area contributed by atoms with E-state index in [-0.39, 0.29) is 11.9 Å². The summed E-state index contributed by atoms with van der Waals surface area (Å²) >= 11 is 3.47. The van der Waals surface area contributed by atoms with Crippen LogP contribution in [-0.4, -0.2) is 39.7 Å². The minimum atomic E-state index is 0.0547. The van der Waals surface area contributed by atoms with Crippen LogP contribution in [0, 0.1) is 12.8 Å². The van der Waals surface area contributed by atoms with Gasteiger partial charge in [-0.3, -0.25) is 4.79 Å². The lowest BCUT2D eigenvalue weighted by Crippen LogP contribution is -2.45. The number of piperidine rings is 1. The summed E-state index contributed by atoms with van der Waals surface area (Å²) in [4.78, 5) is 14.8. The highest BCUT2D eigenvalue weighted by molar-refractivity contribution is 9.10. The first-order chi connectivity index (χ1) is 11.5. The Bertz CT molecular complexity index is 740. The van der Waals surface area contributed by atoms with Gasteiger partial charge in [0, 0.05) is 23.6 Å². The van der Waals surface area contributed by atoms with Crippen LogP contribution in [0.4, 0.5) is 0 Å². The van der Waals surface area contributed by atoms with E-state index in [1.165, 1.54) is 0 Å². The normalized spacial score (nSPS) is 19.3. The molecule has 2 N–H and O–H groups in total. The second kappa shape index (κ2) is 7.07. The van der Waals surface area contributed by atoms with Gasteiger partial charge in [0.25, 0.3) is 5.91 Å². The van der Waals surface area contributed by atoms with Gasteiger partial charge in [0.15, 0.2) is 0 Å². The maximum absolute atomic E-state index is 12.9. The molecule has 1 aliphatic rings. The Labute approximate surface area is 151 Å². The van der Waals surface area contributed by atoms with Crippen LogP contribution in [0.15, 0.2) is 34.9 Å². The van der Waals surface area contributed by atoms with E-state index in [2.05, 4.69) is 21.0 Å². The van der Waals surface area contributed by atoms with Gasteiger partial charge in [0.05, 0.1) is 23.1 Å². The smallest absolute Gasteiger partial charge is 0.257 e. The van der Waals surface area contributed by atoms with E-state index in [9.17, 15) is 4.79 Å². The topological polar surface area (TPSA) is 64.2 Å². The number of nitrogens with zero attached hydrogens (tertiary/aromatic N) is 3. The summed E-state index contributed by atoms with van der Waals surface area (Å²) in [5.74, 6) is 0.433. The third-order valence-corrected chi connectivity index (χ3v) is 5.27. The standard InChI is InChI=1S/C18H23BrN4O/c1-12(20)14-5-4-8-22(11-14)18(24)17-10-21-23(13(17)2)16-7-3-6-15(19)9-16/h3,6-7,9-10,12,14H,4-5,8,11,20H2,1-2H3. The molecular formula is C18H23BrN4O. The number of hydrogen-bond donors (Lipinski definition) is 1. The fraction of sp³-hybridized carbons (Fsp3) is 0.444. The molecule has 1 aliphatic heterocycles. The highest BCUT2D eigenvalue weighted by Crippen LogP contribution is 2.23. The van der Waals surface area contributed by atoms with Gasteiger partial charge < -0.3 is 10.6 Å². The minimum absolute atomic E-state index is 0.0547. The largest absolute Gasteiger partial charge is 0.338 e. The lowest BCUT2D eigenvalue weighted by atomic mass is 9.92.